The second-order valence-electron chi connectivity index (χ2n) is 16.0. The van der Waals surface area contributed by atoms with Gasteiger partial charge in [0, 0.05) is 37.8 Å². The summed E-state index contributed by atoms with van der Waals surface area (Å²) in [5.74, 6) is -1.17. The molecule has 1 amide bonds. The summed E-state index contributed by atoms with van der Waals surface area (Å²) < 4.78 is 16.8. The molecule has 1 saturated heterocycles. The van der Waals surface area contributed by atoms with E-state index in [4.69, 9.17) is 14.2 Å². The molecule has 0 unspecified atom stereocenters. The lowest BCUT2D eigenvalue weighted by Crippen LogP contribution is -2.50. The van der Waals surface area contributed by atoms with Crippen molar-refractivity contribution in [3.63, 3.8) is 0 Å². The van der Waals surface area contributed by atoms with E-state index >= 15 is 0 Å². The summed E-state index contributed by atoms with van der Waals surface area (Å²) in [6.07, 6.45) is 36.8. The second-order valence-corrected chi connectivity index (χ2v) is 16.0. The van der Waals surface area contributed by atoms with Gasteiger partial charge in [-0.05, 0) is 122 Å². The van der Waals surface area contributed by atoms with Gasteiger partial charge in [-0.1, -0.05) is 102 Å². The largest absolute Gasteiger partial charge is 0.466 e. The molecule has 0 aromatic rings. The average molecular weight is 801 g/mol. The third-order valence-electron chi connectivity index (χ3n) is 10.7. The molecule has 9 nitrogen and oxygen atoms in total. The first-order valence-corrected chi connectivity index (χ1v) is 23.3. The van der Waals surface area contributed by atoms with Crippen LogP contribution in [0, 0.1) is 0 Å². The van der Waals surface area contributed by atoms with Crippen LogP contribution in [0.3, 0.4) is 0 Å². The Morgan fingerprint density at radius 2 is 0.842 bits per heavy atom. The van der Waals surface area contributed by atoms with Crippen molar-refractivity contribution in [2.24, 2.45) is 0 Å². The maximum absolute atomic E-state index is 13.6. The number of esters is 3. The van der Waals surface area contributed by atoms with Gasteiger partial charge in [-0.3, -0.25) is 19.2 Å². The maximum atomic E-state index is 13.6. The lowest BCUT2D eigenvalue weighted by atomic mass is 9.83. The Labute approximate surface area is 348 Å². The zero-order chi connectivity index (χ0) is 41.5. The molecule has 0 aromatic carbocycles. The van der Waals surface area contributed by atoms with E-state index in [9.17, 15) is 19.2 Å². The number of nitrogens with one attached hydrogen (secondary N) is 1. The predicted octanol–water partition coefficient (Wildman–Crippen LogP) is 11.4. The minimum atomic E-state index is -0.972. The fourth-order valence-electron chi connectivity index (χ4n) is 7.01. The Morgan fingerprint density at radius 3 is 1.19 bits per heavy atom. The van der Waals surface area contributed by atoms with Crippen molar-refractivity contribution in [2.45, 2.75) is 206 Å². The molecule has 1 N–H and O–H groups in total. The summed E-state index contributed by atoms with van der Waals surface area (Å²) in [4.78, 5) is 55.0. The zero-order valence-corrected chi connectivity index (χ0v) is 36.8. The molecule has 0 aliphatic carbocycles. The van der Waals surface area contributed by atoms with Crippen molar-refractivity contribution >= 4 is 23.8 Å². The molecule has 1 heterocycles. The number of likely N-dealkylation sites (tertiary alicyclic amines) is 1. The molecule has 0 radical (unpaired) electrons. The van der Waals surface area contributed by atoms with Gasteiger partial charge in [0.1, 0.15) is 0 Å². The Hall–Kier alpha value is -2.94. The Kier molecular flexibility index (Phi) is 34.1. The third kappa shape index (κ3) is 31.7. The summed E-state index contributed by atoms with van der Waals surface area (Å²) in [5.41, 5.74) is -0.972. The van der Waals surface area contributed by atoms with Crippen LogP contribution in [0.2, 0.25) is 0 Å². The number of carbonyl (C=O) groups excluding carboxylic acids is 4. The molecule has 1 fully saturated rings. The van der Waals surface area contributed by atoms with Crippen molar-refractivity contribution in [3.8, 4) is 0 Å². The van der Waals surface area contributed by atoms with Crippen LogP contribution in [0.1, 0.15) is 201 Å². The number of unbranched alkanes of at least 4 members (excludes halogenated alkanes) is 12. The van der Waals surface area contributed by atoms with Crippen LogP contribution in [-0.4, -0.2) is 73.7 Å². The lowest BCUT2D eigenvalue weighted by molar-refractivity contribution is -0.145. The summed E-state index contributed by atoms with van der Waals surface area (Å²) in [6, 6.07) is 0. The van der Waals surface area contributed by atoms with E-state index in [1.54, 1.807) is 0 Å². The predicted molar refractivity (Wildman–Crippen MR) is 234 cm³/mol. The van der Waals surface area contributed by atoms with Crippen molar-refractivity contribution in [3.05, 3.63) is 36.5 Å². The fourth-order valence-corrected chi connectivity index (χ4v) is 7.01. The molecular formula is C48H84N2O7. The molecular weight excluding hydrogens is 717 g/mol. The summed E-state index contributed by atoms with van der Waals surface area (Å²) in [5, 5.41) is 3.23. The molecule has 1 rings (SSSR count). The van der Waals surface area contributed by atoms with E-state index in [1.807, 2.05) is 0 Å². The molecule has 1 aliphatic rings. The Morgan fingerprint density at radius 1 is 0.491 bits per heavy atom. The first kappa shape index (κ1) is 52.1. The van der Waals surface area contributed by atoms with E-state index in [0.29, 0.717) is 32.8 Å². The number of piperidine rings is 1. The number of nitrogens with zero attached hydrogens (tertiary/aromatic N) is 1. The average Bonchev–Trinajstić information content (AvgIpc) is 3.22. The van der Waals surface area contributed by atoms with Gasteiger partial charge >= 0.3 is 17.9 Å². The van der Waals surface area contributed by atoms with Crippen LogP contribution in [0.4, 0.5) is 0 Å². The molecule has 9 heteroatoms. The smallest absolute Gasteiger partial charge is 0.305 e. The van der Waals surface area contributed by atoms with Crippen LogP contribution in [0.15, 0.2) is 36.5 Å². The highest BCUT2D eigenvalue weighted by atomic mass is 16.5. The summed E-state index contributed by atoms with van der Waals surface area (Å²) in [7, 11) is 0. The highest BCUT2D eigenvalue weighted by molar-refractivity contribution is 5.78. The normalized spacial score (nSPS) is 13.8. The molecule has 0 atom stereocenters. The van der Waals surface area contributed by atoms with E-state index in [-0.39, 0.29) is 62.3 Å². The molecule has 0 saturated carbocycles. The third-order valence-corrected chi connectivity index (χ3v) is 10.7. The van der Waals surface area contributed by atoms with Crippen LogP contribution < -0.4 is 5.32 Å². The number of hydrogen-bond donors (Lipinski definition) is 1. The van der Waals surface area contributed by atoms with Crippen molar-refractivity contribution in [1.29, 1.82) is 0 Å². The molecule has 0 aromatic heterocycles. The van der Waals surface area contributed by atoms with E-state index < -0.39 is 5.54 Å². The molecule has 57 heavy (non-hydrogen) atoms. The SMILES string of the molecule is CCCCC/C=C\CCCOC(=O)CCC(CCC(=O)OCCC/C=C\CCCCC)(CCC(=O)OCCC/C=C\CCCCC)NC(=O)CCN1CCCCC1. The number of carbonyl (C=O) groups is 4. The topological polar surface area (TPSA) is 111 Å². The van der Waals surface area contributed by atoms with Crippen molar-refractivity contribution < 1.29 is 33.4 Å². The van der Waals surface area contributed by atoms with Gasteiger partial charge in [0.25, 0.3) is 0 Å². The van der Waals surface area contributed by atoms with Crippen LogP contribution >= 0.6 is 0 Å². The van der Waals surface area contributed by atoms with Gasteiger partial charge in [-0.2, -0.15) is 0 Å². The van der Waals surface area contributed by atoms with Crippen LogP contribution in [0.25, 0.3) is 0 Å². The minimum Gasteiger partial charge on any atom is -0.466 e. The fraction of sp³-hybridized carbons (Fsp3) is 0.792. The van der Waals surface area contributed by atoms with Gasteiger partial charge in [0.05, 0.1) is 19.8 Å². The maximum Gasteiger partial charge on any atom is 0.305 e. The second kappa shape index (κ2) is 37.3. The molecule has 0 bridgehead atoms. The van der Waals surface area contributed by atoms with Gasteiger partial charge in [0.2, 0.25) is 5.91 Å². The first-order valence-electron chi connectivity index (χ1n) is 23.3. The van der Waals surface area contributed by atoms with Gasteiger partial charge in [-0.25, -0.2) is 0 Å². The van der Waals surface area contributed by atoms with Gasteiger partial charge in [0.15, 0.2) is 0 Å². The Balaban J connectivity index is 2.91. The van der Waals surface area contributed by atoms with E-state index in [0.717, 1.165) is 83.7 Å². The van der Waals surface area contributed by atoms with Crippen molar-refractivity contribution in [1.82, 2.24) is 10.2 Å². The standard InChI is InChI=1S/C48H84N2O7/c1-4-7-10-13-16-19-22-28-41-55-45(52)31-35-48(49-44(51)34-40-50-38-26-25-27-39-50,36-32-46(53)56-42-29-23-20-17-14-11-8-5-2)37-33-47(54)57-43-30-24-21-18-15-12-9-6-3/h16-21H,4-15,22-43H2,1-3H3,(H,49,51)/b19-16-,20-17-,21-18-. The number of hydrogen-bond acceptors (Lipinski definition) is 8. The zero-order valence-electron chi connectivity index (χ0n) is 36.8. The minimum absolute atomic E-state index is 0.0680. The van der Waals surface area contributed by atoms with Gasteiger partial charge < -0.3 is 24.4 Å². The van der Waals surface area contributed by atoms with Crippen LogP contribution in [-0.2, 0) is 33.4 Å². The highest BCUT2D eigenvalue weighted by Gasteiger charge is 2.34. The quantitative estimate of drug-likeness (QED) is 0.0286. The molecule has 1 aliphatic heterocycles. The lowest BCUT2D eigenvalue weighted by Gasteiger charge is -2.35. The van der Waals surface area contributed by atoms with E-state index in [1.165, 1.54) is 64.2 Å². The first-order chi connectivity index (χ1) is 27.8. The summed E-state index contributed by atoms with van der Waals surface area (Å²) in [6.45, 7) is 10.2. The summed E-state index contributed by atoms with van der Waals surface area (Å²) >= 11 is 0. The number of rotatable bonds is 37. The van der Waals surface area contributed by atoms with E-state index in [2.05, 4.69) is 67.4 Å². The van der Waals surface area contributed by atoms with Crippen molar-refractivity contribution in [2.75, 3.05) is 39.5 Å². The highest BCUT2D eigenvalue weighted by Crippen LogP contribution is 2.27. The number of ether oxygens (including phenoxy) is 3. The van der Waals surface area contributed by atoms with Crippen LogP contribution in [0.5, 0.6) is 0 Å². The molecule has 0 spiro atoms. The number of allylic oxidation sites excluding steroid dienone is 6. The number of amides is 1. The van der Waals surface area contributed by atoms with Gasteiger partial charge in [-0.15, -0.1) is 0 Å². The molecule has 328 valence electrons. The monoisotopic (exact) mass is 801 g/mol. The Bertz CT molecular complexity index is 1000.